The van der Waals surface area contributed by atoms with E-state index in [-0.39, 0.29) is 27.9 Å². The fraction of sp³-hybridized carbons (Fsp3) is 0.350. The molecule has 0 radical (unpaired) electrons. The number of aliphatic hydroxyl groups is 1. The van der Waals surface area contributed by atoms with E-state index >= 15 is 0 Å². The standard InChI is InChI=1S/C20H17ClF4N4O3/c1-9(30)8-29-18(20(23,24)25)11(7-26-29)17-15(19(31)27-10-5-6-10)16(28-32-17)14-12(21)3-2-4-13(14)22/h2-4,7,9-10,30H,5-6,8H2,1H3,(H,27,31). The van der Waals surface area contributed by atoms with Crippen LogP contribution in [0.15, 0.2) is 28.9 Å². The van der Waals surface area contributed by atoms with Crippen molar-refractivity contribution in [3.8, 4) is 22.6 Å². The van der Waals surface area contributed by atoms with Crippen molar-refractivity contribution in [2.45, 2.75) is 44.6 Å². The van der Waals surface area contributed by atoms with Gasteiger partial charge in [-0.3, -0.25) is 9.48 Å². The molecule has 12 heteroatoms. The Hall–Kier alpha value is -2.92. The van der Waals surface area contributed by atoms with Crippen molar-refractivity contribution in [3.05, 3.63) is 46.5 Å². The molecule has 1 unspecified atom stereocenters. The first kappa shape index (κ1) is 22.3. The molecule has 0 saturated heterocycles. The number of nitrogens with one attached hydrogen (secondary N) is 1. The van der Waals surface area contributed by atoms with Crippen molar-refractivity contribution in [2.75, 3.05) is 0 Å². The maximum Gasteiger partial charge on any atom is 0.433 e. The highest BCUT2D eigenvalue weighted by Crippen LogP contribution is 2.42. The van der Waals surface area contributed by atoms with Gasteiger partial charge in [-0.1, -0.05) is 22.8 Å². The Balaban J connectivity index is 1.94. The average Bonchev–Trinajstić information content (AvgIpc) is 3.22. The van der Waals surface area contributed by atoms with Crippen LogP contribution in [0.4, 0.5) is 17.6 Å². The smallest absolute Gasteiger partial charge is 0.391 e. The number of rotatable bonds is 6. The number of carbonyl (C=O) groups is 1. The molecule has 3 aromatic rings. The van der Waals surface area contributed by atoms with Crippen molar-refractivity contribution >= 4 is 17.5 Å². The second kappa shape index (κ2) is 8.21. The van der Waals surface area contributed by atoms with Gasteiger partial charge in [-0.25, -0.2) is 4.39 Å². The molecule has 4 rings (SSSR count). The van der Waals surface area contributed by atoms with E-state index in [1.807, 2.05) is 0 Å². The van der Waals surface area contributed by atoms with Crippen LogP contribution >= 0.6 is 11.6 Å². The van der Waals surface area contributed by atoms with Gasteiger partial charge in [0.1, 0.15) is 17.1 Å². The molecule has 1 saturated carbocycles. The lowest BCUT2D eigenvalue weighted by molar-refractivity contribution is -0.144. The van der Waals surface area contributed by atoms with Gasteiger partial charge in [0.2, 0.25) is 0 Å². The highest BCUT2D eigenvalue weighted by molar-refractivity contribution is 6.33. The molecule has 32 heavy (non-hydrogen) atoms. The number of nitrogens with zero attached hydrogens (tertiary/aromatic N) is 3. The first-order chi connectivity index (χ1) is 15.1. The first-order valence-corrected chi connectivity index (χ1v) is 10.0. The van der Waals surface area contributed by atoms with Crippen LogP contribution in [0.5, 0.6) is 0 Å². The SMILES string of the molecule is CC(O)Cn1ncc(-c2onc(-c3c(F)cccc3Cl)c2C(=O)NC2CC2)c1C(F)(F)F. The molecule has 1 fully saturated rings. The zero-order valence-corrected chi connectivity index (χ0v) is 17.3. The molecule has 1 aliphatic rings. The zero-order chi connectivity index (χ0) is 23.2. The molecule has 170 valence electrons. The van der Waals surface area contributed by atoms with E-state index in [9.17, 15) is 27.5 Å². The summed E-state index contributed by atoms with van der Waals surface area (Å²) >= 11 is 6.10. The van der Waals surface area contributed by atoms with Crippen LogP contribution in [0, 0.1) is 5.82 Å². The lowest BCUT2D eigenvalue weighted by atomic mass is 10.0. The second-order valence-corrected chi connectivity index (χ2v) is 7.92. The zero-order valence-electron chi connectivity index (χ0n) is 16.6. The molecule has 0 bridgehead atoms. The number of alkyl halides is 3. The van der Waals surface area contributed by atoms with Crippen LogP contribution in [-0.4, -0.2) is 38.1 Å². The van der Waals surface area contributed by atoms with E-state index in [0.717, 1.165) is 12.3 Å². The summed E-state index contributed by atoms with van der Waals surface area (Å²) in [5.41, 5.74) is -2.77. The molecule has 1 amide bonds. The molecule has 7 nitrogen and oxygen atoms in total. The maximum atomic E-state index is 14.6. The van der Waals surface area contributed by atoms with E-state index in [4.69, 9.17) is 16.1 Å². The molecule has 2 heterocycles. The minimum absolute atomic E-state index is 0.0915. The largest absolute Gasteiger partial charge is 0.433 e. The predicted octanol–water partition coefficient (Wildman–Crippen LogP) is 4.29. The van der Waals surface area contributed by atoms with Crippen molar-refractivity contribution in [2.24, 2.45) is 0 Å². The van der Waals surface area contributed by atoms with Gasteiger partial charge >= 0.3 is 6.18 Å². The third kappa shape index (κ3) is 4.22. The second-order valence-electron chi connectivity index (χ2n) is 7.52. The number of carbonyl (C=O) groups excluding carboxylic acids is 1. The fourth-order valence-corrected chi connectivity index (χ4v) is 3.56. The number of halogens is 5. The normalized spacial score (nSPS) is 15.1. The van der Waals surface area contributed by atoms with Gasteiger partial charge in [-0.15, -0.1) is 0 Å². The van der Waals surface area contributed by atoms with E-state index in [2.05, 4.69) is 15.6 Å². The molecule has 0 aliphatic heterocycles. The van der Waals surface area contributed by atoms with Gasteiger partial charge in [0.05, 0.1) is 35.0 Å². The first-order valence-electron chi connectivity index (χ1n) is 9.64. The van der Waals surface area contributed by atoms with Gasteiger partial charge in [0.15, 0.2) is 11.5 Å². The van der Waals surface area contributed by atoms with E-state index < -0.39 is 47.6 Å². The minimum atomic E-state index is -4.90. The molecule has 1 aliphatic carbocycles. The molecule has 1 aromatic carbocycles. The minimum Gasteiger partial charge on any atom is -0.391 e. The summed E-state index contributed by atoms with van der Waals surface area (Å²) in [4.78, 5) is 13.0. The highest BCUT2D eigenvalue weighted by atomic mass is 35.5. The molecular formula is C20H17ClF4N4O3. The Morgan fingerprint density at radius 1 is 1.41 bits per heavy atom. The van der Waals surface area contributed by atoms with Crippen LogP contribution in [0.25, 0.3) is 22.6 Å². The molecule has 2 aromatic heterocycles. The number of hydrogen-bond acceptors (Lipinski definition) is 5. The van der Waals surface area contributed by atoms with Gasteiger partial charge in [-0.2, -0.15) is 18.3 Å². The van der Waals surface area contributed by atoms with Crippen molar-refractivity contribution in [1.29, 1.82) is 0 Å². The third-order valence-corrected chi connectivity index (χ3v) is 5.14. The fourth-order valence-electron chi connectivity index (χ4n) is 3.30. The quantitative estimate of drug-likeness (QED) is 0.522. The summed E-state index contributed by atoms with van der Waals surface area (Å²) in [5.74, 6) is -2.12. The predicted molar refractivity (Wildman–Crippen MR) is 105 cm³/mol. The Labute approximate surface area is 184 Å². The Morgan fingerprint density at radius 3 is 2.72 bits per heavy atom. The van der Waals surface area contributed by atoms with Gasteiger partial charge in [0.25, 0.3) is 5.91 Å². The van der Waals surface area contributed by atoms with E-state index in [1.165, 1.54) is 19.1 Å². The van der Waals surface area contributed by atoms with Crippen LogP contribution in [0.2, 0.25) is 5.02 Å². The van der Waals surface area contributed by atoms with Crippen molar-refractivity contribution < 1.29 is 32.0 Å². The Morgan fingerprint density at radius 2 is 2.12 bits per heavy atom. The Bertz CT molecular complexity index is 1150. The van der Waals surface area contributed by atoms with Crippen molar-refractivity contribution in [3.63, 3.8) is 0 Å². The van der Waals surface area contributed by atoms with Crippen LogP contribution in [-0.2, 0) is 12.7 Å². The monoisotopic (exact) mass is 472 g/mol. The lowest BCUT2D eigenvalue weighted by Crippen LogP contribution is -2.26. The molecular weight excluding hydrogens is 456 g/mol. The van der Waals surface area contributed by atoms with Gasteiger partial charge in [0, 0.05) is 6.04 Å². The number of hydrogen-bond donors (Lipinski definition) is 2. The summed E-state index contributed by atoms with van der Waals surface area (Å²) in [6.45, 7) is 0.862. The maximum absolute atomic E-state index is 14.6. The summed E-state index contributed by atoms with van der Waals surface area (Å²) in [5, 5.41) is 19.5. The average molecular weight is 473 g/mol. The number of aliphatic hydroxyl groups excluding tert-OH is 1. The lowest BCUT2D eigenvalue weighted by Gasteiger charge is -2.13. The summed E-state index contributed by atoms with van der Waals surface area (Å²) in [6.07, 6.45) is -3.73. The number of benzene rings is 1. The Kier molecular flexibility index (Phi) is 5.72. The molecule has 0 spiro atoms. The van der Waals surface area contributed by atoms with Crippen molar-refractivity contribution in [1.82, 2.24) is 20.3 Å². The number of aromatic nitrogens is 3. The number of amides is 1. The van der Waals surface area contributed by atoms with Gasteiger partial charge in [-0.05, 0) is 31.9 Å². The summed E-state index contributed by atoms with van der Waals surface area (Å²) in [7, 11) is 0. The highest BCUT2D eigenvalue weighted by Gasteiger charge is 2.42. The third-order valence-electron chi connectivity index (χ3n) is 4.82. The van der Waals surface area contributed by atoms with E-state index in [1.54, 1.807) is 0 Å². The topological polar surface area (TPSA) is 93.2 Å². The van der Waals surface area contributed by atoms with Crippen LogP contribution in [0.3, 0.4) is 0 Å². The van der Waals surface area contributed by atoms with Crippen LogP contribution in [0.1, 0.15) is 35.8 Å². The van der Waals surface area contributed by atoms with Crippen LogP contribution < -0.4 is 5.32 Å². The summed E-state index contributed by atoms with van der Waals surface area (Å²) in [6, 6.07) is 3.64. The molecule has 1 atom stereocenters. The van der Waals surface area contributed by atoms with Gasteiger partial charge < -0.3 is 14.9 Å². The summed E-state index contributed by atoms with van der Waals surface area (Å²) < 4.78 is 62.0. The molecule has 2 N–H and O–H groups in total. The van der Waals surface area contributed by atoms with E-state index in [0.29, 0.717) is 17.5 Å².